The number of hydrogen-bond acceptors (Lipinski definition) is 1. The Labute approximate surface area is 80.9 Å². The van der Waals surface area contributed by atoms with E-state index in [1.807, 2.05) is 13.8 Å². The number of nitrogens with one attached hydrogen (secondary N) is 1. The molecule has 1 N–H and O–H groups in total. The summed E-state index contributed by atoms with van der Waals surface area (Å²) in [5.74, 6) is 1.80. The zero-order valence-electron chi connectivity index (χ0n) is 8.64. The van der Waals surface area contributed by atoms with Crippen molar-refractivity contribution >= 4 is 0 Å². The summed E-state index contributed by atoms with van der Waals surface area (Å²) in [6.07, 6.45) is 8.77. The minimum absolute atomic E-state index is 0.898. The summed E-state index contributed by atoms with van der Waals surface area (Å²) in [4.78, 5) is 0. The monoisotopic (exact) mass is 177 g/mol. The Morgan fingerprint density at radius 1 is 1.38 bits per heavy atom. The molecule has 3 aliphatic rings. The fraction of sp³-hybridized carbons (Fsp3) is 0.667. The zero-order valence-corrected chi connectivity index (χ0v) is 8.64. The molecule has 3 rings (SSSR count). The fourth-order valence-electron chi connectivity index (χ4n) is 2.29. The average Bonchev–Trinajstić information content (AvgIpc) is 3.00. The molecular formula is C12H19N. The van der Waals surface area contributed by atoms with E-state index in [4.69, 9.17) is 0 Å². The first-order valence-electron chi connectivity index (χ1n) is 5.60. The lowest BCUT2D eigenvalue weighted by Crippen LogP contribution is -2.24. The van der Waals surface area contributed by atoms with Crippen LogP contribution in [0.15, 0.2) is 23.4 Å². The van der Waals surface area contributed by atoms with Gasteiger partial charge in [0.15, 0.2) is 0 Å². The molecule has 72 valence electrons. The Kier molecular flexibility index (Phi) is 2.43. The third kappa shape index (κ3) is 1.52. The molecule has 0 amide bonds. The van der Waals surface area contributed by atoms with Gasteiger partial charge in [-0.2, -0.15) is 0 Å². The highest BCUT2D eigenvalue weighted by molar-refractivity contribution is 5.38. The molecule has 2 aliphatic carbocycles. The Morgan fingerprint density at radius 3 is 3.08 bits per heavy atom. The molecule has 13 heavy (non-hydrogen) atoms. The van der Waals surface area contributed by atoms with Gasteiger partial charge in [0.2, 0.25) is 0 Å². The molecule has 0 aromatic heterocycles. The molecule has 1 heteroatoms. The van der Waals surface area contributed by atoms with Gasteiger partial charge in [-0.15, -0.1) is 0 Å². The lowest BCUT2D eigenvalue weighted by Gasteiger charge is -2.22. The van der Waals surface area contributed by atoms with Crippen molar-refractivity contribution in [1.82, 2.24) is 5.32 Å². The molecule has 2 unspecified atom stereocenters. The van der Waals surface area contributed by atoms with Crippen molar-refractivity contribution in [2.75, 3.05) is 6.54 Å². The first kappa shape index (κ1) is 8.86. The van der Waals surface area contributed by atoms with Crippen LogP contribution in [0.25, 0.3) is 0 Å². The summed E-state index contributed by atoms with van der Waals surface area (Å²) in [6.45, 7) is 5.20. The smallest absolute Gasteiger partial charge is 0.0177 e. The molecule has 1 saturated carbocycles. The van der Waals surface area contributed by atoms with Crippen molar-refractivity contribution in [3.05, 3.63) is 23.4 Å². The van der Waals surface area contributed by atoms with Gasteiger partial charge in [0.05, 0.1) is 0 Å². The summed E-state index contributed by atoms with van der Waals surface area (Å²) in [7, 11) is 0. The Hall–Kier alpha value is -0.720. The molecule has 0 bridgehead atoms. The van der Waals surface area contributed by atoms with Crippen molar-refractivity contribution in [2.45, 2.75) is 33.1 Å². The maximum Gasteiger partial charge on any atom is 0.0177 e. The molecule has 2 atom stereocenters. The van der Waals surface area contributed by atoms with Crippen LogP contribution < -0.4 is 5.32 Å². The van der Waals surface area contributed by atoms with E-state index >= 15 is 0 Å². The summed E-state index contributed by atoms with van der Waals surface area (Å²) >= 11 is 0. The molecule has 0 radical (unpaired) electrons. The van der Waals surface area contributed by atoms with E-state index in [0.29, 0.717) is 0 Å². The second-order valence-electron chi connectivity index (χ2n) is 3.83. The van der Waals surface area contributed by atoms with Gasteiger partial charge in [-0.05, 0) is 30.8 Å². The normalized spacial score (nSPS) is 33.7. The first-order valence-corrected chi connectivity index (χ1v) is 5.60. The Morgan fingerprint density at radius 2 is 2.23 bits per heavy atom. The number of rotatable bonds is 0. The van der Waals surface area contributed by atoms with Gasteiger partial charge in [0, 0.05) is 18.2 Å². The fourth-order valence-corrected chi connectivity index (χ4v) is 2.29. The van der Waals surface area contributed by atoms with E-state index in [0.717, 1.165) is 11.8 Å². The highest BCUT2D eigenvalue weighted by Gasteiger charge is 2.41. The lowest BCUT2D eigenvalue weighted by atomic mass is 9.96. The van der Waals surface area contributed by atoms with Crippen LogP contribution >= 0.6 is 0 Å². The van der Waals surface area contributed by atoms with Gasteiger partial charge in [-0.1, -0.05) is 26.0 Å². The van der Waals surface area contributed by atoms with Crippen LogP contribution in [0.2, 0.25) is 0 Å². The quantitative estimate of drug-likeness (QED) is 0.600. The largest absolute Gasteiger partial charge is 0.388 e. The van der Waals surface area contributed by atoms with Crippen molar-refractivity contribution in [2.24, 2.45) is 11.8 Å². The van der Waals surface area contributed by atoms with Crippen LogP contribution in [0.5, 0.6) is 0 Å². The van der Waals surface area contributed by atoms with Gasteiger partial charge in [0.25, 0.3) is 0 Å². The number of hydrogen-bond donors (Lipinski definition) is 1. The van der Waals surface area contributed by atoms with E-state index in [1.165, 1.54) is 25.8 Å². The molecule has 1 fully saturated rings. The molecule has 1 aliphatic heterocycles. The van der Waals surface area contributed by atoms with Crippen molar-refractivity contribution in [3.8, 4) is 0 Å². The predicted octanol–water partition coefficient (Wildman–Crippen LogP) is 2.86. The number of fused-ring (bicyclic) bond motifs is 2. The Balaban J connectivity index is 0.000000308. The van der Waals surface area contributed by atoms with Gasteiger partial charge in [0.1, 0.15) is 0 Å². The van der Waals surface area contributed by atoms with Gasteiger partial charge < -0.3 is 5.32 Å². The third-order valence-corrected chi connectivity index (χ3v) is 3.04. The van der Waals surface area contributed by atoms with Crippen LogP contribution in [0.1, 0.15) is 33.1 Å². The molecule has 1 nitrogen and oxygen atoms in total. The van der Waals surface area contributed by atoms with Crippen LogP contribution in [0.4, 0.5) is 0 Å². The van der Waals surface area contributed by atoms with Crippen LogP contribution in [-0.2, 0) is 0 Å². The highest BCUT2D eigenvalue weighted by atomic mass is 14.9. The van der Waals surface area contributed by atoms with Gasteiger partial charge >= 0.3 is 0 Å². The number of allylic oxidation sites excluding steroid dienone is 4. The van der Waals surface area contributed by atoms with Crippen molar-refractivity contribution in [1.29, 1.82) is 0 Å². The first-order chi connectivity index (χ1) is 6.45. The van der Waals surface area contributed by atoms with Crippen LogP contribution in [0, 0.1) is 11.8 Å². The summed E-state index contributed by atoms with van der Waals surface area (Å²) in [6, 6.07) is 0. The minimum atomic E-state index is 0.898. The van der Waals surface area contributed by atoms with Gasteiger partial charge in [-0.25, -0.2) is 0 Å². The maximum absolute atomic E-state index is 3.54. The molecule has 0 aromatic rings. The van der Waals surface area contributed by atoms with Crippen molar-refractivity contribution < 1.29 is 0 Å². The second kappa shape index (κ2) is 3.57. The van der Waals surface area contributed by atoms with Crippen LogP contribution in [0.3, 0.4) is 0 Å². The maximum atomic E-state index is 3.54. The lowest BCUT2D eigenvalue weighted by molar-refractivity contribution is 0.619. The van der Waals surface area contributed by atoms with E-state index in [-0.39, 0.29) is 0 Å². The molecule has 0 spiro atoms. The van der Waals surface area contributed by atoms with Gasteiger partial charge in [-0.3, -0.25) is 0 Å². The summed E-state index contributed by atoms with van der Waals surface area (Å²) < 4.78 is 0. The van der Waals surface area contributed by atoms with E-state index in [2.05, 4.69) is 17.5 Å². The molecule has 0 saturated heterocycles. The van der Waals surface area contributed by atoms with Crippen molar-refractivity contribution in [3.63, 3.8) is 0 Å². The zero-order chi connectivity index (χ0) is 9.26. The third-order valence-electron chi connectivity index (χ3n) is 3.04. The SMILES string of the molecule is C1=CC2CC2C2=C1CCCN2.CC. The standard InChI is InChI=1S/C10H13N.C2H6/c1-2-7-3-4-8-6-9(8)10(7)11-5-1;1-2/h3-4,8-9,11H,1-2,5-6H2;1-2H3. The Bertz CT molecular complexity index is 250. The van der Waals surface area contributed by atoms with E-state index < -0.39 is 0 Å². The summed E-state index contributed by atoms with van der Waals surface area (Å²) in [5.41, 5.74) is 3.18. The average molecular weight is 177 g/mol. The van der Waals surface area contributed by atoms with E-state index in [9.17, 15) is 0 Å². The molecule has 1 heterocycles. The minimum Gasteiger partial charge on any atom is -0.388 e. The molecular weight excluding hydrogens is 158 g/mol. The topological polar surface area (TPSA) is 12.0 Å². The second-order valence-corrected chi connectivity index (χ2v) is 3.83. The van der Waals surface area contributed by atoms with E-state index in [1.54, 1.807) is 11.3 Å². The van der Waals surface area contributed by atoms with Crippen LogP contribution in [-0.4, -0.2) is 6.54 Å². The highest BCUT2D eigenvalue weighted by Crippen LogP contribution is 2.49. The molecule has 0 aromatic carbocycles. The predicted molar refractivity (Wildman–Crippen MR) is 56.3 cm³/mol. The summed E-state index contributed by atoms with van der Waals surface area (Å²) in [5, 5.41) is 3.54.